The van der Waals surface area contributed by atoms with Gasteiger partial charge in [0.15, 0.2) is 5.82 Å². The van der Waals surface area contributed by atoms with Crippen molar-refractivity contribution in [2.45, 2.75) is 6.92 Å². The number of amides is 1. The fourth-order valence-electron chi connectivity index (χ4n) is 2.00. The third-order valence-corrected chi connectivity index (χ3v) is 3.04. The number of phenolic OH excluding ortho intramolecular Hbond substituents is 1. The minimum Gasteiger partial charge on any atom is -0.508 e. The zero-order chi connectivity index (χ0) is 15.6. The standard InChI is InChI=1S/C15H14F2N2O2/c1-2-19(9-4-3-5-10(20)8-9)15(21)13-11(16)6-7-12(18)14(13)17/h3-8,20H,2,18H2,1H3. The summed E-state index contributed by atoms with van der Waals surface area (Å²) in [6, 6.07) is 7.87. The molecular weight excluding hydrogens is 278 g/mol. The van der Waals surface area contributed by atoms with Gasteiger partial charge in [-0.25, -0.2) is 8.78 Å². The zero-order valence-corrected chi connectivity index (χ0v) is 11.3. The second-order valence-corrected chi connectivity index (χ2v) is 4.39. The van der Waals surface area contributed by atoms with Crippen LogP contribution in [0.2, 0.25) is 0 Å². The molecular formula is C15H14F2N2O2. The molecule has 110 valence electrons. The van der Waals surface area contributed by atoms with E-state index < -0.39 is 23.1 Å². The molecule has 0 aliphatic rings. The third kappa shape index (κ3) is 2.79. The normalized spacial score (nSPS) is 10.4. The van der Waals surface area contributed by atoms with Gasteiger partial charge in [-0.3, -0.25) is 4.79 Å². The Labute approximate surface area is 120 Å². The highest BCUT2D eigenvalue weighted by Gasteiger charge is 2.25. The van der Waals surface area contributed by atoms with Gasteiger partial charge in [-0.05, 0) is 31.2 Å². The van der Waals surface area contributed by atoms with Gasteiger partial charge in [-0.2, -0.15) is 0 Å². The van der Waals surface area contributed by atoms with Crippen LogP contribution in [0.25, 0.3) is 0 Å². The number of aromatic hydroxyl groups is 1. The number of nitrogens with zero attached hydrogens (tertiary/aromatic N) is 1. The Bertz CT molecular complexity index is 689. The van der Waals surface area contributed by atoms with Crippen LogP contribution in [-0.2, 0) is 0 Å². The van der Waals surface area contributed by atoms with Crippen LogP contribution in [0.5, 0.6) is 5.75 Å². The Balaban J connectivity index is 2.49. The fraction of sp³-hybridized carbons (Fsp3) is 0.133. The molecule has 0 unspecified atom stereocenters. The number of nitrogen functional groups attached to an aromatic ring is 1. The van der Waals surface area contributed by atoms with Crippen molar-refractivity contribution >= 4 is 17.3 Å². The average Bonchev–Trinajstić information content (AvgIpc) is 2.44. The van der Waals surface area contributed by atoms with Crippen molar-refractivity contribution in [2.24, 2.45) is 0 Å². The minimum atomic E-state index is -1.08. The first kappa shape index (κ1) is 14.8. The summed E-state index contributed by atoms with van der Waals surface area (Å²) < 4.78 is 27.7. The molecule has 3 N–H and O–H groups in total. The van der Waals surface area contributed by atoms with Crippen molar-refractivity contribution in [1.29, 1.82) is 0 Å². The molecule has 1 amide bonds. The highest BCUT2D eigenvalue weighted by molar-refractivity contribution is 6.07. The number of halogens is 2. The van der Waals surface area contributed by atoms with Gasteiger partial charge in [0.05, 0.1) is 5.69 Å². The number of anilines is 2. The Hall–Kier alpha value is -2.63. The molecule has 6 heteroatoms. The monoisotopic (exact) mass is 292 g/mol. The molecule has 0 spiro atoms. The van der Waals surface area contributed by atoms with Crippen molar-refractivity contribution in [1.82, 2.24) is 0 Å². The van der Waals surface area contributed by atoms with Crippen LogP contribution in [0.4, 0.5) is 20.2 Å². The second kappa shape index (κ2) is 5.78. The van der Waals surface area contributed by atoms with Gasteiger partial charge < -0.3 is 15.7 Å². The van der Waals surface area contributed by atoms with Gasteiger partial charge in [-0.15, -0.1) is 0 Å². The molecule has 4 nitrogen and oxygen atoms in total. The SMILES string of the molecule is CCN(C(=O)c1c(F)ccc(N)c1F)c1cccc(O)c1. The van der Waals surface area contributed by atoms with E-state index in [1.807, 2.05) is 0 Å². The van der Waals surface area contributed by atoms with Crippen molar-refractivity contribution in [3.05, 3.63) is 53.6 Å². The Kier molecular flexibility index (Phi) is 4.07. The summed E-state index contributed by atoms with van der Waals surface area (Å²) in [5.74, 6) is -2.97. The molecule has 2 aromatic carbocycles. The molecule has 0 heterocycles. The van der Waals surface area contributed by atoms with E-state index in [1.165, 1.54) is 18.2 Å². The largest absolute Gasteiger partial charge is 0.508 e. The summed E-state index contributed by atoms with van der Waals surface area (Å²) in [6.45, 7) is 1.83. The molecule has 2 aromatic rings. The summed E-state index contributed by atoms with van der Waals surface area (Å²) in [4.78, 5) is 13.5. The van der Waals surface area contributed by atoms with Crippen LogP contribution in [0.1, 0.15) is 17.3 Å². The van der Waals surface area contributed by atoms with Gasteiger partial charge in [0.2, 0.25) is 0 Å². The van der Waals surface area contributed by atoms with Crippen molar-refractivity contribution in [3.63, 3.8) is 0 Å². The molecule has 21 heavy (non-hydrogen) atoms. The van der Waals surface area contributed by atoms with E-state index in [2.05, 4.69) is 0 Å². The molecule has 0 saturated carbocycles. The summed E-state index contributed by atoms with van der Waals surface area (Å²) in [7, 11) is 0. The van der Waals surface area contributed by atoms with E-state index in [0.717, 1.165) is 17.0 Å². The number of carbonyl (C=O) groups excluding carboxylic acids is 1. The van der Waals surface area contributed by atoms with Gasteiger partial charge in [0, 0.05) is 18.3 Å². The number of carbonyl (C=O) groups is 1. The van der Waals surface area contributed by atoms with Crippen LogP contribution >= 0.6 is 0 Å². The second-order valence-electron chi connectivity index (χ2n) is 4.39. The molecule has 0 aliphatic heterocycles. The van der Waals surface area contributed by atoms with Crippen LogP contribution in [0.3, 0.4) is 0 Å². The number of hydrogen-bond acceptors (Lipinski definition) is 3. The number of phenols is 1. The molecule has 0 aliphatic carbocycles. The fourth-order valence-corrected chi connectivity index (χ4v) is 2.00. The topological polar surface area (TPSA) is 66.6 Å². The van der Waals surface area contributed by atoms with Crippen molar-refractivity contribution in [2.75, 3.05) is 17.2 Å². The van der Waals surface area contributed by atoms with E-state index in [1.54, 1.807) is 13.0 Å². The van der Waals surface area contributed by atoms with Gasteiger partial charge in [0.1, 0.15) is 17.1 Å². The quantitative estimate of drug-likeness (QED) is 0.855. The van der Waals surface area contributed by atoms with Crippen molar-refractivity contribution < 1.29 is 18.7 Å². The van der Waals surface area contributed by atoms with Crippen LogP contribution in [0, 0.1) is 11.6 Å². The molecule has 0 radical (unpaired) electrons. The maximum atomic E-state index is 13.9. The van der Waals surface area contributed by atoms with E-state index in [9.17, 15) is 18.7 Å². The lowest BCUT2D eigenvalue weighted by atomic mass is 10.1. The smallest absolute Gasteiger partial charge is 0.264 e. The van der Waals surface area contributed by atoms with Crippen molar-refractivity contribution in [3.8, 4) is 5.75 Å². The summed E-state index contributed by atoms with van der Waals surface area (Å²) in [5, 5.41) is 9.46. The maximum absolute atomic E-state index is 13.9. The predicted octanol–water partition coefficient (Wildman–Crippen LogP) is 2.92. The minimum absolute atomic E-state index is 0.0488. The Morgan fingerprint density at radius 3 is 2.62 bits per heavy atom. The summed E-state index contributed by atoms with van der Waals surface area (Å²) in [5.41, 5.74) is 4.71. The first-order chi connectivity index (χ1) is 9.95. The summed E-state index contributed by atoms with van der Waals surface area (Å²) in [6.07, 6.45) is 0. The van der Waals surface area contributed by atoms with Gasteiger partial charge in [0.25, 0.3) is 5.91 Å². The molecule has 2 rings (SSSR count). The van der Waals surface area contributed by atoms with E-state index in [0.29, 0.717) is 5.69 Å². The van der Waals surface area contributed by atoms with Crippen LogP contribution in [0.15, 0.2) is 36.4 Å². The molecule has 0 fully saturated rings. The lowest BCUT2D eigenvalue weighted by Gasteiger charge is -2.22. The van der Waals surface area contributed by atoms with Gasteiger partial charge in [-0.1, -0.05) is 6.07 Å². The molecule has 0 atom stereocenters. The van der Waals surface area contributed by atoms with Crippen LogP contribution < -0.4 is 10.6 Å². The van der Waals surface area contributed by atoms with E-state index in [-0.39, 0.29) is 18.0 Å². The van der Waals surface area contributed by atoms with Gasteiger partial charge >= 0.3 is 0 Å². The number of rotatable bonds is 3. The zero-order valence-electron chi connectivity index (χ0n) is 11.3. The molecule has 0 bridgehead atoms. The maximum Gasteiger partial charge on any atom is 0.264 e. The number of nitrogens with two attached hydrogens (primary N) is 1. The predicted molar refractivity (Wildman–Crippen MR) is 76.2 cm³/mol. The number of benzene rings is 2. The first-order valence-corrected chi connectivity index (χ1v) is 6.30. The van der Waals surface area contributed by atoms with Crippen LogP contribution in [-0.4, -0.2) is 17.6 Å². The highest BCUT2D eigenvalue weighted by atomic mass is 19.1. The Morgan fingerprint density at radius 2 is 2.00 bits per heavy atom. The highest BCUT2D eigenvalue weighted by Crippen LogP contribution is 2.25. The number of hydrogen-bond donors (Lipinski definition) is 2. The van der Waals surface area contributed by atoms with E-state index >= 15 is 0 Å². The third-order valence-electron chi connectivity index (χ3n) is 3.04. The lowest BCUT2D eigenvalue weighted by molar-refractivity contribution is 0.0980. The lowest BCUT2D eigenvalue weighted by Crippen LogP contribution is -2.32. The summed E-state index contributed by atoms with van der Waals surface area (Å²) >= 11 is 0. The Morgan fingerprint density at radius 1 is 1.29 bits per heavy atom. The molecule has 0 aromatic heterocycles. The first-order valence-electron chi connectivity index (χ1n) is 6.30. The van der Waals surface area contributed by atoms with E-state index in [4.69, 9.17) is 5.73 Å². The molecule has 0 saturated heterocycles. The average molecular weight is 292 g/mol.